The van der Waals surface area contributed by atoms with Crippen LogP contribution in [0.3, 0.4) is 0 Å². The van der Waals surface area contributed by atoms with Crippen molar-refractivity contribution in [2.24, 2.45) is 5.92 Å². The summed E-state index contributed by atoms with van der Waals surface area (Å²) in [6.07, 6.45) is 0.888. The van der Waals surface area contributed by atoms with Gasteiger partial charge in [-0.3, -0.25) is 14.4 Å². The van der Waals surface area contributed by atoms with Crippen molar-refractivity contribution in [1.29, 1.82) is 0 Å². The van der Waals surface area contributed by atoms with Crippen molar-refractivity contribution in [3.05, 3.63) is 29.8 Å². The molecule has 0 saturated heterocycles. The van der Waals surface area contributed by atoms with Gasteiger partial charge in [0, 0.05) is 18.2 Å². The number of rotatable bonds is 8. The molecule has 24 heavy (non-hydrogen) atoms. The lowest BCUT2D eigenvalue weighted by atomic mass is 10.1. The van der Waals surface area contributed by atoms with Crippen LogP contribution >= 0.6 is 0 Å². The summed E-state index contributed by atoms with van der Waals surface area (Å²) >= 11 is 0. The Bertz CT molecular complexity index is 606. The molecular weight excluding hydrogens is 322 g/mol. The summed E-state index contributed by atoms with van der Waals surface area (Å²) < 4.78 is 30.5. The molecule has 0 radical (unpaired) electrons. The standard InChI is InChI=1S/C16H20F2N2O4/c1-10(2)3-6-16(23)24-9-15(22)19-8-14(21)20-11-4-5-12(17)13(18)7-11/h4-5,7,10H,3,6,8-9H2,1-2H3,(H,19,22)(H,20,21). The zero-order valence-electron chi connectivity index (χ0n) is 13.5. The zero-order chi connectivity index (χ0) is 18.1. The molecule has 6 nitrogen and oxygen atoms in total. The van der Waals surface area contributed by atoms with Crippen molar-refractivity contribution in [2.75, 3.05) is 18.5 Å². The summed E-state index contributed by atoms with van der Waals surface area (Å²) in [4.78, 5) is 34.4. The number of amides is 2. The average molecular weight is 342 g/mol. The Labute approximate surface area is 138 Å². The van der Waals surface area contributed by atoms with E-state index < -0.39 is 36.0 Å². The number of benzene rings is 1. The van der Waals surface area contributed by atoms with Crippen LogP contribution in [0.5, 0.6) is 0 Å². The van der Waals surface area contributed by atoms with Crippen LogP contribution in [0.15, 0.2) is 18.2 Å². The maximum absolute atomic E-state index is 13.0. The van der Waals surface area contributed by atoms with Crippen molar-refractivity contribution < 1.29 is 27.9 Å². The molecule has 0 spiro atoms. The average Bonchev–Trinajstić information content (AvgIpc) is 2.52. The van der Waals surface area contributed by atoms with E-state index in [4.69, 9.17) is 4.74 Å². The molecule has 0 heterocycles. The molecular formula is C16H20F2N2O4. The molecule has 2 N–H and O–H groups in total. The second-order valence-corrected chi connectivity index (χ2v) is 5.55. The first-order chi connectivity index (χ1) is 11.3. The van der Waals surface area contributed by atoms with Crippen LogP contribution in [0.1, 0.15) is 26.7 Å². The number of hydrogen-bond acceptors (Lipinski definition) is 4. The predicted molar refractivity (Wildman–Crippen MR) is 83.0 cm³/mol. The van der Waals surface area contributed by atoms with Crippen LogP contribution in [0.2, 0.25) is 0 Å². The smallest absolute Gasteiger partial charge is 0.306 e. The number of ether oxygens (including phenoxy) is 1. The molecule has 0 saturated carbocycles. The van der Waals surface area contributed by atoms with Crippen molar-refractivity contribution in [3.63, 3.8) is 0 Å². The molecule has 1 aromatic carbocycles. The Morgan fingerprint density at radius 1 is 1.12 bits per heavy atom. The van der Waals surface area contributed by atoms with Gasteiger partial charge in [-0.25, -0.2) is 8.78 Å². The molecule has 0 bridgehead atoms. The van der Waals surface area contributed by atoms with E-state index in [1.807, 2.05) is 13.8 Å². The molecule has 1 rings (SSSR count). The van der Waals surface area contributed by atoms with E-state index in [-0.39, 0.29) is 18.7 Å². The fourth-order valence-electron chi connectivity index (χ4n) is 1.63. The highest BCUT2D eigenvalue weighted by molar-refractivity contribution is 5.94. The normalized spacial score (nSPS) is 10.4. The van der Waals surface area contributed by atoms with E-state index >= 15 is 0 Å². The second kappa shape index (κ2) is 9.59. The van der Waals surface area contributed by atoms with Gasteiger partial charge < -0.3 is 15.4 Å². The molecule has 2 amide bonds. The van der Waals surface area contributed by atoms with Crippen molar-refractivity contribution in [1.82, 2.24) is 5.32 Å². The van der Waals surface area contributed by atoms with Gasteiger partial charge in [-0.1, -0.05) is 13.8 Å². The number of halogens is 2. The topological polar surface area (TPSA) is 84.5 Å². The highest BCUT2D eigenvalue weighted by atomic mass is 19.2. The summed E-state index contributed by atoms with van der Waals surface area (Å²) in [5.74, 6) is -3.50. The fourth-order valence-corrected chi connectivity index (χ4v) is 1.63. The van der Waals surface area contributed by atoms with Crippen LogP contribution in [-0.4, -0.2) is 30.9 Å². The Balaban J connectivity index is 2.27. The number of carbonyl (C=O) groups is 3. The highest BCUT2D eigenvalue weighted by Gasteiger charge is 2.11. The molecule has 0 atom stereocenters. The molecule has 0 aliphatic rings. The minimum absolute atomic E-state index is 0.0632. The number of carbonyl (C=O) groups excluding carboxylic acids is 3. The van der Waals surface area contributed by atoms with Crippen LogP contribution in [-0.2, 0) is 19.1 Å². The monoisotopic (exact) mass is 342 g/mol. The van der Waals surface area contributed by atoms with E-state index in [0.29, 0.717) is 12.3 Å². The summed E-state index contributed by atoms with van der Waals surface area (Å²) in [7, 11) is 0. The van der Waals surface area contributed by atoms with E-state index in [1.54, 1.807) is 0 Å². The summed E-state index contributed by atoms with van der Waals surface area (Å²) in [6, 6.07) is 2.89. The molecule has 8 heteroatoms. The molecule has 0 unspecified atom stereocenters. The summed E-state index contributed by atoms with van der Waals surface area (Å²) in [5.41, 5.74) is 0.0632. The summed E-state index contributed by atoms with van der Waals surface area (Å²) in [6.45, 7) is 3.06. The molecule has 0 aliphatic heterocycles. The largest absolute Gasteiger partial charge is 0.456 e. The number of nitrogens with one attached hydrogen (secondary N) is 2. The Morgan fingerprint density at radius 3 is 2.46 bits per heavy atom. The molecule has 0 aromatic heterocycles. The molecule has 0 aliphatic carbocycles. The third-order valence-corrected chi connectivity index (χ3v) is 2.94. The van der Waals surface area contributed by atoms with Crippen LogP contribution in [0, 0.1) is 17.6 Å². The molecule has 0 fully saturated rings. The third-order valence-electron chi connectivity index (χ3n) is 2.94. The lowest BCUT2D eigenvalue weighted by molar-refractivity contribution is -0.148. The third kappa shape index (κ3) is 7.66. The van der Waals surface area contributed by atoms with E-state index in [1.165, 1.54) is 6.07 Å². The van der Waals surface area contributed by atoms with Crippen molar-refractivity contribution >= 4 is 23.5 Å². The Morgan fingerprint density at radius 2 is 1.83 bits per heavy atom. The van der Waals surface area contributed by atoms with Crippen molar-refractivity contribution in [3.8, 4) is 0 Å². The minimum Gasteiger partial charge on any atom is -0.456 e. The van der Waals surface area contributed by atoms with Gasteiger partial charge in [0.25, 0.3) is 5.91 Å². The number of esters is 1. The van der Waals surface area contributed by atoms with Crippen LogP contribution in [0.4, 0.5) is 14.5 Å². The van der Waals surface area contributed by atoms with Gasteiger partial charge in [0.15, 0.2) is 18.2 Å². The van der Waals surface area contributed by atoms with E-state index in [9.17, 15) is 23.2 Å². The van der Waals surface area contributed by atoms with E-state index in [0.717, 1.165) is 12.1 Å². The summed E-state index contributed by atoms with van der Waals surface area (Å²) in [5, 5.41) is 4.55. The SMILES string of the molecule is CC(C)CCC(=O)OCC(=O)NCC(=O)Nc1ccc(F)c(F)c1. The maximum atomic E-state index is 13.0. The first-order valence-electron chi connectivity index (χ1n) is 7.45. The van der Waals surface area contributed by atoms with Gasteiger partial charge in [0.05, 0.1) is 6.54 Å². The lowest BCUT2D eigenvalue weighted by Crippen LogP contribution is -2.35. The van der Waals surface area contributed by atoms with Gasteiger partial charge in [0.1, 0.15) is 0 Å². The molecule has 1 aromatic rings. The minimum atomic E-state index is -1.09. The predicted octanol–water partition coefficient (Wildman–Crippen LogP) is 2.00. The number of hydrogen-bond donors (Lipinski definition) is 2. The van der Waals surface area contributed by atoms with Gasteiger partial charge >= 0.3 is 5.97 Å². The molecule has 132 valence electrons. The second-order valence-electron chi connectivity index (χ2n) is 5.55. The van der Waals surface area contributed by atoms with Gasteiger partial charge in [-0.2, -0.15) is 0 Å². The lowest BCUT2D eigenvalue weighted by Gasteiger charge is -2.08. The van der Waals surface area contributed by atoms with Gasteiger partial charge in [-0.05, 0) is 24.5 Å². The number of anilines is 1. The quantitative estimate of drug-likeness (QED) is 0.708. The van der Waals surface area contributed by atoms with Gasteiger partial charge in [-0.15, -0.1) is 0 Å². The fraction of sp³-hybridized carbons (Fsp3) is 0.438. The van der Waals surface area contributed by atoms with Crippen LogP contribution < -0.4 is 10.6 Å². The zero-order valence-corrected chi connectivity index (χ0v) is 13.5. The van der Waals surface area contributed by atoms with E-state index in [2.05, 4.69) is 10.6 Å². The maximum Gasteiger partial charge on any atom is 0.306 e. The van der Waals surface area contributed by atoms with Crippen molar-refractivity contribution in [2.45, 2.75) is 26.7 Å². The Kier molecular flexibility index (Phi) is 7.81. The highest BCUT2D eigenvalue weighted by Crippen LogP contribution is 2.12. The Hall–Kier alpha value is -2.51. The van der Waals surface area contributed by atoms with Gasteiger partial charge in [0.2, 0.25) is 5.91 Å². The first kappa shape index (κ1) is 19.5. The van der Waals surface area contributed by atoms with Crippen LogP contribution in [0.25, 0.3) is 0 Å². The first-order valence-corrected chi connectivity index (χ1v) is 7.45.